The number of likely N-dealkylation sites (tertiary alicyclic amines) is 2. The lowest BCUT2D eigenvalue weighted by atomic mass is 9.83. The van der Waals surface area contributed by atoms with Crippen LogP contribution in [0, 0.1) is 11.8 Å². The Morgan fingerprint density at radius 1 is 1.06 bits per heavy atom. The fourth-order valence-corrected chi connectivity index (χ4v) is 6.18. The van der Waals surface area contributed by atoms with Crippen molar-refractivity contribution in [2.75, 3.05) is 26.7 Å². The number of carbonyl (C=O) groups excluding carboxylic acids is 2. The predicted molar refractivity (Wildman–Crippen MR) is 140 cm³/mol. The molecule has 6 nitrogen and oxygen atoms in total. The van der Waals surface area contributed by atoms with Crippen LogP contribution in [0.2, 0.25) is 0 Å². The van der Waals surface area contributed by atoms with E-state index < -0.39 is 10.9 Å². The number of benzene rings is 1. The number of hydrogen-bond donors (Lipinski definition) is 3. The largest absolute Gasteiger partial charge is 0.342 e. The van der Waals surface area contributed by atoms with Gasteiger partial charge in [0, 0.05) is 25.7 Å². The minimum Gasteiger partial charge on any atom is -0.342 e. The standard InChI is InChI=1S/C27H42N4O2S/c1-27(34,28-2)26(33)29-24(22-12-7-4-8-13-22)25(32)31-17-15-21-14-9-16-30(19-23(21)31)18-20-10-5-3-6-11-20/h3,5-6,10-11,21-24,28,34H,4,7-9,12-19H2,1-2H3,(H,29,33)/t21-,23?,24?,27-/m1/s1. The SMILES string of the molecule is CN[C@](C)(S)C(=O)NC(C(=O)N1CC[C@H]2CCCN(Cc3ccccc3)CC21)C1CCCCC1. The number of nitrogens with zero attached hydrogens (tertiary/aromatic N) is 2. The van der Waals surface area contributed by atoms with Crippen LogP contribution in [0.25, 0.3) is 0 Å². The van der Waals surface area contributed by atoms with Crippen molar-refractivity contribution < 1.29 is 9.59 Å². The predicted octanol–water partition coefficient (Wildman–Crippen LogP) is 3.43. The topological polar surface area (TPSA) is 64.7 Å². The summed E-state index contributed by atoms with van der Waals surface area (Å²) in [5.74, 6) is 0.662. The first-order valence-electron chi connectivity index (χ1n) is 13.2. The molecule has 4 rings (SSSR count). The molecule has 34 heavy (non-hydrogen) atoms. The molecule has 1 aliphatic carbocycles. The molecule has 0 bridgehead atoms. The maximum absolute atomic E-state index is 14.1. The van der Waals surface area contributed by atoms with E-state index in [2.05, 4.69) is 63.4 Å². The summed E-state index contributed by atoms with van der Waals surface area (Å²) in [5, 5.41) is 6.10. The molecule has 2 N–H and O–H groups in total. The lowest BCUT2D eigenvalue weighted by Gasteiger charge is -2.38. The normalized spacial score (nSPS) is 26.9. The maximum Gasteiger partial charge on any atom is 0.250 e. The molecule has 0 radical (unpaired) electrons. The van der Waals surface area contributed by atoms with Crippen molar-refractivity contribution in [2.45, 2.75) is 81.8 Å². The Morgan fingerprint density at radius 2 is 1.79 bits per heavy atom. The Hall–Kier alpha value is -1.57. The quantitative estimate of drug-likeness (QED) is 0.408. The summed E-state index contributed by atoms with van der Waals surface area (Å²) in [5.41, 5.74) is 1.32. The summed E-state index contributed by atoms with van der Waals surface area (Å²) in [6, 6.07) is 10.4. The molecule has 0 aromatic heterocycles. The molecule has 1 aromatic rings. The molecule has 2 unspecified atom stereocenters. The molecule has 7 heteroatoms. The zero-order valence-corrected chi connectivity index (χ0v) is 21.7. The smallest absolute Gasteiger partial charge is 0.250 e. The Labute approximate surface area is 210 Å². The third-order valence-electron chi connectivity index (χ3n) is 8.31. The van der Waals surface area contributed by atoms with E-state index in [1.54, 1.807) is 14.0 Å². The van der Waals surface area contributed by atoms with Crippen LogP contribution in [0.3, 0.4) is 0 Å². The van der Waals surface area contributed by atoms with Crippen LogP contribution in [-0.2, 0) is 16.1 Å². The van der Waals surface area contributed by atoms with E-state index in [0.29, 0.717) is 5.92 Å². The van der Waals surface area contributed by atoms with Gasteiger partial charge < -0.3 is 10.2 Å². The minimum absolute atomic E-state index is 0.120. The Balaban J connectivity index is 1.51. The number of rotatable bonds is 7. The highest BCUT2D eigenvalue weighted by Gasteiger charge is 2.44. The van der Waals surface area contributed by atoms with Gasteiger partial charge in [0.1, 0.15) is 10.9 Å². The number of nitrogens with one attached hydrogen (secondary N) is 2. The van der Waals surface area contributed by atoms with Gasteiger partial charge in [-0.3, -0.25) is 19.8 Å². The summed E-state index contributed by atoms with van der Waals surface area (Å²) in [6.07, 6.45) is 8.91. The van der Waals surface area contributed by atoms with Crippen LogP contribution in [0.4, 0.5) is 0 Å². The fraction of sp³-hybridized carbons (Fsp3) is 0.704. The lowest BCUT2D eigenvalue weighted by molar-refractivity contribution is -0.140. The highest BCUT2D eigenvalue weighted by atomic mass is 32.1. The van der Waals surface area contributed by atoms with Crippen LogP contribution in [0.1, 0.15) is 63.9 Å². The van der Waals surface area contributed by atoms with Crippen LogP contribution >= 0.6 is 12.6 Å². The Kier molecular flexibility index (Phi) is 8.59. The lowest BCUT2D eigenvalue weighted by Crippen LogP contribution is -2.60. The van der Waals surface area contributed by atoms with E-state index in [0.717, 1.165) is 58.3 Å². The summed E-state index contributed by atoms with van der Waals surface area (Å²) in [4.78, 5) is 30.8. The van der Waals surface area contributed by atoms with Gasteiger partial charge in [-0.15, -0.1) is 12.6 Å². The zero-order valence-electron chi connectivity index (χ0n) is 20.8. The van der Waals surface area contributed by atoms with Crippen LogP contribution < -0.4 is 10.6 Å². The van der Waals surface area contributed by atoms with E-state index in [-0.39, 0.29) is 23.8 Å². The zero-order chi connectivity index (χ0) is 24.1. The summed E-state index contributed by atoms with van der Waals surface area (Å²) < 4.78 is 0. The molecule has 2 amide bonds. The van der Waals surface area contributed by atoms with Crippen molar-refractivity contribution >= 4 is 24.4 Å². The van der Waals surface area contributed by atoms with E-state index in [1.165, 1.54) is 24.8 Å². The first-order valence-corrected chi connectivity index (χ1v) is 13.6. The van der Waals surface area contributed by atoms with Gasteiger partial charge in [-0.25, -0.2) is 0 Å². The van der Waals surface area contributed by atoms with Gasteiger partial charge in [0.25, 0.3) is 5.91 Å². The summed E-state index contributed by atoms with van der Waals surface area (Å²) >= 11 is 4.49. The van der Waals surface area contributed by atoms with Crippen molar-refractivity contribution in [3.8, 4) is 0 Å². The van der Waals surface area contributed by atoms with Gasteiger partial charge in [0.2, 0.25) is 5.91 Å². The Bertz CT molecular complexity index is 827. The van der Waals surface area contributed by atoms with E-state index >= 15 is 0 Å². The fourth-order valence-electron chi connectivity index (χ4n) is 6.12. The summed E-state index contributed by atoms with van der Waals surface area (Å²) in [7, 11) is 1.72. The first kappa shape index (κ1) is 25.5. The van der Waals surface area contributed by atoms with Gasteiger partial charge in [-0.05, 0) is 70.0 Å². The van der Waals surface area contributed by atoms with Crippen LogP contribution in [0.15, 0.2) is 30.3 Å². The number of likely N-dealkylation sites (N-methyl/N-ethyl adjacent to an activating group) is 1. The molecule has 2 aliphatic heterocycles. The first-order chi connectivity index (χ1) is 16.4. The highest BCUT2D eigenvalue weighted by Crippen LogP contribution is 2.35. The Morgan fingerprint density at radius 3 is 2.50 bits per heavy atom. The number of amides is 2. The van der Waals surface area contributed by atoms with Gasteiger partial charge in [0.15, 0.2) is 0 Å². The number of fused-ring (bicyclic) bond motifs is 1. The summed E-state index contributed by atoms with van der Waals surface area (Å²) in [6.45, 7) is 5.46. The molecule has 3 fully saturated rings. The maximum atomic E-state index is 14.1. The highest BCUT2D eigenvalue weighted by molar-refractivity contribution is 7.82. The third-order valence-corrected chi connectivity index (χ3v) is 8.74. The van der Waals surface area contributed by atoms with Crippen molar-refractivity contribution in [3.05, 3.63) is 35.9 Å². The van der Waals surface area contributed by atoms with Crippen LogP contribution in [0.5, 0.6) is 0 Å². The second kappa shape index (κ2) is 11.4. The average molecular weight is 487 g/mol. The molecule has 1 saturated carbocycles. The molecule has 3 aliphatic rings. The van der Waals surface area contributed by atoms with Gasteiger partial charge >= 0.3 is 0 Å². The van der Waals surface area contributed by atoms with E-state index in [1.807, 2.05) is 0 Å². The molecular weight excluding hydrogens is 444 g/mol. The van der Waals surface area contributed by atoms with Gasteiger partial charge in [0.05, 0.1) is 0 Å². The van der Waals surface area contributed by atoms with Crippen molar-refractivity contribution in [2.24, 2.45) is 11.8 Å². The molecule has 4 atom stereocenters. The number of thiol groups is 1. The van der Waals surface area contributed by atoms with E-state index in [4.69, 9.17) is 0 Å². The van der Waals surface area contributed by atoms with Crippen LogP contribution in [-0.4, -0.2) is 65.3 Å². The molecule has 2 saturated heterocycles. The third kappa shape index (κ3) is 5.97. The second-order valence-corrected chi connectivity index (χ2v) is 11.6. The van der Waals surface area contributed by atoms with Gasteiger partial charge in [-0.2, -0.15) is 0 Å². The molecule has 188 valence electrons. The minimum atomic E-state index is -1.00. The van der Waals surface area contributed by atoms with Crippen molar-refractivity contribution in [1.29, 1.82) is 0 Å². The number of carbonyl (C=O) groups is 2. The average Bonchev–Trinajstić information content (AvgIpc) is 3.14. The molecule has 0 spiro atoms. The molecule has 1 aromatic carbocycles. The monoisotopic (exact) mass is 486 g/mol. The van der Waals surface area contributed by atoms with Crippen molar-refractivity contribution in [3.63, 3.8) is 0 Å². The second-order valence-electron chi connectivity index (χ2n) is 10.7. The molecular formula is C27H42N4O2S. The van der Waals surface area contributed by atoms with Crippen molar-refractivity contribution in [1.82, 2.24) is 20.4 Å². The van der Waals surface area contributed by atoms with E-state index in [9.17, 15) is 9.59 Å². The number of hydrogen-bond acceptors (Lipinski definition) is 5. The molecule has 2 heterocycles. The van der Waals surface area contributed by atoms with Gasteiger partial charge in [-0.1, -0.05) is 49.6 Å².